The second-order valence-corrected chi connectivity index (χ2v) is 5.28. The Labute approximate surface area is 113 Å². The van der Waals surface area contributed by atoms with Crippen molar-refractivity contribution in [2.45, 2.75) is 39.2 Å². The van der Waals surface area contributed by atoms with Crippen molar-refractivity contribution >= 4 is 12.0 Å². The summed E-state index contributed by atoms with van der Waals surface area (Å²) < 4.78 is 0. The molecule has 1 saturated carbocycles. The van der Waals surface area contributed by atoms with Crippen molar-refractivity contribution in [3.63, 3.8) is 0 Å². The normalized spacial score (nSPS) is 14.0. The van der Waals surface area contributed by atoms with Crippen molar-refractivity contribution in [2.75, 3.05) is 19.6 Å². The van der Waals surface area contributed by atoms with Gasteiger partial charge in [-0.25, -0.2) is 4.79 Å². The van der Waals surface area contributed by atoms with E-state index in [0.717, 1.165) is 12.8 Å². The Bertz CT molecular complexity index is 372. The average molecular weight is 267 g/mol. The van der Waals surface area contributed by atoms with Crippen LogP contribution in [0.1, 0.15) is 33.1 Å². The van der Waals surface area contributed by atoms with Gasteiger partial charge in [-0.1, -0.05) is 13.8 Å². The lowest BCUT2D eigenvalue weighted by Gasteiger charge is -2.30. The van der Waals surface area contributed by atoms with Crippen LogP contribution in [0, 0.1) is 17.2 Å². The van der Waals surface area contributed by atoms with E-state index in [0.29, 0.717) is 13.1 Å². The molecular weight excluding hydrogens is 246 g/mol. The van der Waals surface area contributed by atoms with Gasteiger partial charge < -0.3 is 14.9 Å². The fraction of sp³-hybridized carbons (Fsp3) is 0.769. The number of hydrogen-bond acceptors (Lipinski definition) is 3. The van der Waals surface area contributed by atoms with Crippen molar-refractivity contribution in [1.29, 1.82) is 5.26 Å². The monoisotopic (exact) mass is 267 g/mol. The first-order chi connectivity index (χ1) is 8.95. The second-order valence-electron chi connectivity index (χ2n) is 5.28. The van der Waals surface area contributed by atoms with E-state index >= 15 is 0 Å². The van der Waals surface area contributed by atoms with Gasteiger partial charge in [0.25, 0.3) is 0 Å². The second kappa shape index (κ2) is 6.98. The highest BCUT2D eigenvalue weighted by atomic mass is 16.4. The number of nitriles is 1. The van der Waals surface area contributed by atoms with Crippen LogP contribution in [0.15, 0.2) is 0 Å². The van der Waals surface area contributed by atoms with Crippen molar-refractivity contribution in [1.82, 2.24) is 9.80 Å². The largest absolute Gasteiger partial charge is 0.480 e. The van der Waals surface area contributed by atoms with Crippen LogP contribution in [0.2, 0.25) is 0 Å². The molecule has 6 heteroatoms. The fourth-order valence-corrected chi connectivity index (χ4v) is 1.96. The lowest BCUT2D eigenvalue weighted by Crippen LogP contribution is -2.48. The first-order valence-corrected chi connectivity index (χ1v) is 6.60. The van der Waals surface area contributed by atoms with E-state index in [1.54, 1.807) is 4.90 Å². The summed E-state index contributed by atoms with van der Waals surface area (Å²) in [6.07, 6.45) is 2.00. The molecule has 106 valence electrons. The highest BCUT2D eigenvalue weighted by Crippen LogP contribution is 2.27. The molecule has 0 unspecified atom stereocenters. The molecule has 0 saturated heterocycles. The number of carbonyl (C=O) groups is 2. The molecule has 0 radical (unpaired) electrons. The summed E-state index contributed by atoms with van der Waals surface area (Å²) in [4.78, 5) is 26.2. The molecule has 0 aliphatic heterocycles. The van der Waals surface area contributed by atoms with E-state index in [1.165, 1.54) is 4.90 Å². The maximum atomic E-state index is 12.4. The van der Waals surface area contributed by atoms with Gasteiger partial charge in [-0.15, -0.1) is 0 Å². The summed E-state index contributed by atoms with van der Waals surface area (Å²) in [7, 11) is 0. The molecule has 1 aliphatic carbocycles. The van der Waals surface area contributed by atoms with Gasteiger partial charge in [-0.2, -0.15) is 5.26 Å². The number of hydrogen-bond donors (Lipinski definition) is 1. The van der Waals surface area contributed by atoms with E-state index in [1.807, 2.05) is 19.9 Å². The molecule has 0 aromatic carbocycles. The number of rotatable bonds is 7. The molecule has 0 spiro atoms. The zero-order chi connectivity index (χ0) is 14.4. The highest BCUT2D eigenvalue weighted by molar-refractivity contribution is 5.80. The number of amides is 2. The standard InChI is InChI=1S/C13H21N3O3/c1-10(2)8-15(7-3-6-14)13(19)16(9-12(17)18)11-4-5-11/h10-11H,3-5,7-9H2,1-2H3,(H,17,18). The molecule has 0 aromatic rings. The molecule has 0 heterocycles. The van der Waals surface area contributed by atoms with Crippen LogP contribution in [0.25, 0.3) is 0 Å². The van der Waals surface area contributed by atoms with Gasteiger partial charge in [-0.05, 0) is 18.8 Å². The van der Waals surface area contributed by atoms with Crippen molar-refractivity contribution < 1.29 is 14.7 Å². The Morgan fingerprint density at radius 3 is 2.47 bits per heavy atom. The minimum absolute atomic E-state index is 0.0559. The van der Waals surface area contributed by atoms with Crippen LogP contribution < -0.4 is 0 Å². The van der Waals surface area contributed by atoms with Crippen LogP contribution in [0.5, 0.6) is 0 Å². The summed E-state index contributed by atoms with van der Waals surface area (Å²) in [6.45, 7) is 4.63. The van der Waals surface area contributed by atoms with E-state index in [-0.39, 0.29) is 31.0 Å². The molecule has 0 aromatic heterocycles. The van der Waals surface area contributed by atoms with Gasteiger partial charge in [0.05, 0.1) is 12.5 Å². The van der Waals surface area contributed by atoms with E-state index < -0.39 is 5.97 Å². The Morgan fingerprint density at radius 2 is 2.05 bits per heavy atom. The SMILES string of the molecule is CC(C)CN(CCC#N)C(=O)N(CC(=O)O)C1CC1. The summed E-state index contributed by atoms with van der Waals surface area (Å²) in [5, 5.41) is 17.5. The summed E-state index contributed by atoms with van der Waals surface area (Å²) in [6, 6.07) is 1.82. The maximum Gasteiger partial charge on any atom is 0.323 e. The third-order valence-corrected chi connectivity index (χ3v) is 2.89. The van der Waals surface area contributed by atoms with Crippen molar-refractivity contribution in [2.24, 2.45) is 5.92 Å². The molecule has 19 heavy (non-hydrogen) atoms. The average Bonchev–Trinajstić information content (AvgIpc) is 3.14. The molecule has 1 N–H and O–H groups in total. The summed E-state index contributed by atoms with van der Waals surface area (Å²) >= 11 is 0. The minimum atomic E-state index is -0.995. The first kappa shape index (κ1) is 15.3. The molecule has 0 atom stereocenters. The number of nitrogens with zero attached hydrogens (tertiary/aromatic N) is 3. The van der Waals surface area contributed by atoms with Crippen LogP contribution >= 0.6 is 0 Å². The van der Waals surface area contributed by atoms with E-state index in [2.05, 4.69) is 0 Å². The van der Waals surface area contributed by atoms with Crippen molar-refractivity contribution in [3.8, 4) is 6.07 Å². The third-order valence-electron chi connectivity index (χ3n) is 2.89. The highest BCUT2D eigenvalue weighted by Gasteiger charge is 2.36. The zero-order valence-corrected chi connectivity index (χ0v) is 11.5. The van der Waals surface area contributed by atoms with Crippen molar-refractivity contribution in [3.05, 3.63) is 0 Å². The van der Waals surface area contributed by atoms with Crippen LogP contribution in [-0.2, 0) is 4.79 Å². The van der Waals surface area contributed by atoms with Gasteiger partial charge in [0.15, 0.2) is 0 Å². The molecule has 1 fully saturated rings. The zero-order valence-electron chi connectivity index (χ0n) is 11.5. The number of urea groups is 1. The van der Waals surface area contributed by atoms with Gasteiger partial charge in [0.1, 0.15) is 6.54 Å². The first-order valence-electron chi connectivity index (χ1n) is 6.60. The van der Waals surface area contributed by atoms with Gasteiger partial charge in [0.2, 0.25) is 0 Å². The Balaban J connectivity index is 2.70. The number of carboxylic acid groups (broad SMARTS) is 1. The fourth-order valence-electron chi connectivity index (χ4n) is 1.96. The number of carbonyl (C=O) groups excluding carboxylic acids is 1. The molecule has 1 rings (SSSR count). The van der Waals surface area contributed by atoms with Crippen LogP contribution in [-0.4, -0.2) is 52.6 Å². The lowest BCUT2D eigenvalue weighted by molar-refractivity contribution is -0.137. The van der Waals surface area contributed by atoms with Crippen LogP contribution in [0.3, 0.4) is 0 Å². The smallest absolute Gasteiger partial charge is 0.323 e. The van der Waals surface area contributed by atoms with Gasteiger partial charge in [-0.3, -0.25) is 4.79 Å². The molecular formula is C13H21N3O3. The molecule has 0 bridgehead atoms. The van der Waals surface area contributed by atoms with Gasteiger partial charge >= 0.3 is 12.0 Å². The lowest BCUT2D eigenvalue weighted by atomic mass is 10.2. The number of aliphatic carboxylic acids is 1. The topological polar surface area (TPSA) is 84.6 Å². The van der Waals surface area contributed by atoms with E-state index in [4.69, 9.17) is 10.4 Å². The molecule has 1 aliphatic rings. The Hall–Kier alpha value is -1.77. The molecule has 2 amide bonds. The third kappa shape index (κ3) is 5.16. The predicted molar refractivity (Wildman–Crippen MR) is 69.4 cm³/mol. The predicted octanol–water partition coefficient (Wildman–Crippen LogP) is 1.53. The Morgan fingerprint density at radius 1 is 1.42 bits per heavy atom. The Kier molecular flexibility index (Phi) is 5.61. The van der Waals surface area contributed by atoms with E-state index in [9.17, 15) is 9.59 Å². The number of carboxylic acids is 1. The van der Waals surface area contributed by atoms with Gasteiger partial charge in [0, 0.05) is 19.1 Å². The summed E-state index contributed by atoms with van der Waals surface area (Å²) in [5.41, 5.74) is 0. The van der Waals surface area contributed by atoms with Crippen LogP contribution in [0.4, 0.5) is 4.79 Å². The summed E-state index contributed by atoms with van der Waals surface area (Å²) in [5.74, 6) is -0.710. The maximum absolute atomic E-state index is 12.4. The quantitative estimate of drug-likeness (QED) is 0.758. The minimum Gasteiger partial charge on any atom is -0.480 e. The molecule has 6 nitrogen and oxygen atoms in total.